The van der Waals surface area contributed by atoms with Crippen molar-refractivity contribution in [2.45, 2.75) is 6.92 Å². The molecule has 5 heteroatoms. The Labute approximate surface area is 105 Å². The fraction of sp³-hybridized carbons (Fsp3) is 0.333. The number of amides is 1. The largest absolute Gasteiger partial charge is 0.483 e. The number of hydrogen-bond acceptors (Lipinski definition) is 3. The Hall–Kier alpha value is -1.55. The number of nitrogens with zero attached hydrogens (tertiary/aromatic N) is 1. The van der Waals surface area contributed by atoms with Crippen molar-refractivity contribution in [3.63, 3.8) is 0 Å². The van der Waals surface area contributed by atoms with Gasteiger partial charge in [-0.1, -0.05) is 11.6 Å². The standard InChI is InChI=1S/C12H14ClNO3/c1-3-14(2)12(16)8-17-11-5-4-10(13)6-9(11)7-15/h4-7H,3,8H2,1-2H3. The number of aldehydes is 1. The Bertz CT molecular complexity index is 420. The first-order valence-corrected chi connectivity index (χ1v) is 5.57. The first kappa shape index (κ1) is 13.5. The van der Waals surface area contributed by atoms with Gasteiger partial charge in [0.05, 0.1) is 5.56 Å². The number of carbonyl (C=O) groups is 2. The third-order valence-electron chi connectivity index (χ3n) is 2.35. The lowest BCUT2D eigenvalue weighted by Crippen LogP contribution is -2.31. The van der Waals surface area contributed by atoms with E-state index < -0.39 is 0 Å². The summed E-state index contributed by atoms with van der Waals surface area (Å²) >= 11 is 5.74. The fourth-order valence-corrected chi connectivity index (χ4v) is 1.35. The second-order valence-electron chi connectivity index (χ2n) is 3.50. The van der Waals surface area contributed by atoms with E-state index in [1.807, 2.05) is 6.92 Å². The van der Waals surface area contributed by atoms with Crippen molar-refractivity contribution in [3.05, 3.63) is 28.8 Å². The summed E-state index contributed by atoms with van der Waals surface area (Å²) in [6.07, 6.45) is 0.648. The molecule has 0 saturated carbocycles. The van der Waals surface area contributed by atoms with Gasteiger partial charge in [-0.05, 0) is 25.1 Å². The summed E-state index contributed by atoms with van der Waals surface area (Å²) in [6, 6.07) is 4.68. The highest BCUT2D eigenvalue weighted by Gasteiger charge is 2.09. The Balaban J connectivity index is 2.69. The Morgan fingerprint density at radius 2 is 2.24 bits per heavy atom. The molecule has 17 heavy (non-hydrogen) atoms. The summed E-state index contributed by atoms with van der Waals surface area (Å²) in [7, 11) is 1.69. The van der Waals surface area contributed by atoms with E-state index in [0.29, 0.717) is 29.2 Å². The van der Waals surface area contributed by atoms with Crippen LogP contribution in [-0.2, 0) is 4.79 Å². The molecule has 0 aliphatic carbocycles. The summed E-state index contributed by atoms with van der Waals surface area (Å²) in [6.45, 7) is 2.40. The zero-order valence-corrected chi connectivity index (χ0v) is 10.5. The van der Waals surface area contributed by atoms with Gasteiger partial charge in [0.2, 0.25) is 0 Å². The SMILES string of the molecule is CCN(C)C(=O)COc1ccc(Cl)cc1C=O. The van der Waals surface area contributed by atoms with Crippen LogP contribution in [0.25, 0.3) is 0 Å². The molecular formula is C12H14ClNO3. The summed E-state index contributed by atoms with van der Waals surface area (Å²) in [4.78, 5) is 23.8. The third-order valence-corrected chi connectivity index (χ3v) is 2.59. The second-order valence-corrected chi connectivity index (χ2v) is 3.93. The van der Waals surface area contributed by atoms with Gasteiger partial charge in [0, 0.05) is 18.6 Å². The number of halogens is 1. The molecule has 0 unspecified atom stereocenters. The number of likely N-dealkylation sites (N-methyl/N-ethyl adjacent to an activating group) is 1. The van der Waals surface area contributed by atoms with Crippen molar-refractivity contribution in [2.75, 3.05) is 20.2 Å². The number of ether oxygens (including phenoxy) is 1. The lowest BCUT2D eigenvalue weighted by atomic mass is 10.2. The average molecular weight is 256 g/mol. The number of carbonyl (C=O) groups excluding carboxylic acids is 2. The van der Waals surface area contributed by atoms with Crippen LogP contribution in [-0.4, -0.2) is 37.3 Å². The Morgan fingerprint density at radius 1 is 1.53 bits per heavy atom. The van der Waals surface area contributed by atoms with E-state index in [9.17, 15) is 9.59 Å². The first-order valence-electron chi connectivity index (χ1n) is 5.20. The molecule has 1 rings (SSSR count). The maximum atomic E-state index is 11.5. The fourth-order valence-electron chi connectivity index (χ4n) is 1.17. The average Bonchev–Trinajstić information content (AvgIpc) is 2.35. The molecule has 1 aromatic rings. The summed E-state index contributed by atoms with van der Waals surface area (Å²) in [5.41, 5.74) is 0.337. The van der Waals surface area contributed by atoms with Gasteiger partial charge < -0.3 is 9.64 Å². The van der Waals surface area contributed by atoms with Crippen molar-refractivity contribution in [3.8, 4) is 5.75 Å². The molecule has 1 amide bonds. The van der Waals surface area contributed by atoms with E-state index in [1.165, 1.54) is 11.0 Å². The maximum Gasteiger partial charge on any atom is 0.260 e. The van der Waals surface area contributed by atoms with E-state index in [0.717, 1.165) is 0 Å². The van der Waals surface area contributed by atoms with E-state index in [-0.39, 0.29) is 12.5 Å². The first-order chi connectivity index (χ1) is 8.08. The predicted molar refractivity (Wildman–Crippen MR) is 65.6 cm³/mol. The molecule has 0 bridgehead atoms. The van der Waals surface area contributed by atoms with Crippen LogP contribution in [0, 0.1) is 0 Å². The van der Waals surface area contributed by atoms with E-state index >= 15 is 0 Å². The van der Waals surface area contributed by atoms with Gasteiger partial charge in [-0.25, -0.2) is 0 Å². The zero-order valence-electron chi connectivity index (χ0n) is 9.77. The van der Waals surface area contributed by atoms with Gasteiger partial charge in [0.15, 0.2) is 12.9 Å². The van der Waals surface area contributed by atoms with Crippen LogP contribution in [0.5, 0.6) is 5.75 Å². The van der Waals surface area contributed by atoms with E-state index in [4.69, 9.17) is 16.3 Å². The van der Waals surface area contributed by atoms with E-state index in [2.05, 4.69) is 0 Å². The molecule has 0 aliphatic rings. The van der Waals surface area contributed by atoms with Crippen LogP contribution in [0.4, 0.5) is 0 Å². The van der Waals surface area contributed by atoms with Gasteiger partial charge in [0.25, 0.3) is 5.91 Å². The Morgan fingerprint density at radius 3 is 2.82 bits per heavy atom. The highest BCUT2D eigenvalue weighted by molar-refractivity contribution is 6.30. The van der Waals surface area contributed by atoms with Crippen LogP contribution >= 0.6 is 11.6 Å². The summed E-state index contributed by atoms with van der Waals surface area (Å²) in [5.74, 6) is 0.224. The smallest absolute Gasteiger partial charge is 0.260 e. The maximum absolute atomic E-state index is 11.5. The molecule has 0 N–H and O–H groups in total. The van der Waals surface area contributed by atoms with Crippen LogP contribution in [0.3, 0.4) is 0 Å². The monoisotopic (exact) mass is 255 g/mol. The molecule has 0 spiro atoms. The van der Waals surface area contributed by atoms with Crippen LogP contribution < -0.4 is 4.74 Å². The molecule has 0 fully saturated rings. The number of rotatable bonds is 5. The second kappa shape index (κ2) is 6.25. The molecule has 0 saturated heterocycles. The topological polar surface area (TPSA) is 46.6 Å². The van der Waals surface area contributed by atoms with Crippen molar-refractivity contribution in [1.82, 2.24) is 4.90 Å². The van der Waals surface area contributed by atoms with Crippen molar-refractivity contribution in [2.24, 2.45) is 0 Å². The molecular weight excluding hydrogens is 242 g/mol. The lowest BCUT2D eigenvalue weighted by Gasteiger charge is -2.15. The molecule has 1 aromatic carbocycles. The molecule has 0 heterocycles. The van der Waals surface area contributed by atoms with Crippen molar-refractivity contribution >= 4 is 23.8 Å². The summed E-state index contributed by atoms with van der Waals surface area (Å²) < 4.78 is 5.29. The van der Waals surface area contributed by atoms with Crippen molar-refractivity contribution < 1.29 is 14.3 Å². The molecule has 0 aliphatic heterocycles. The predicted octanol–water partition coefficient (Wildman–Crippen LogP) is 2.01. The van der Waals surface area contributed by atoms with Gasteiger partial charge in [-0.2, -0.15) is 0 Å². The van der Waals surface area contributed by atoms with Crippen LogP contribution in [0.15, 0.2) is 18.2 Å². The Kier molecular flexibility index (Phi) is 4.97. The van der Waals surface area contributed by atoms with Gasteiger partial charge in [0.1, 0.15) is 5.75 Å². The lowest BCUT2D eigenvalue weighted by molar-refractivity contribution is -0.131. The minimum atomic E-state index is -0.140. The molecule has 0 atom stereocenters. The van der Waals surface area contributed by atoms with Gasteiger partial charge >= 0.3 is 0 Å². The zero-order chi connectivity index (χ0) is 12.8. The quantitative estimate of drug-likeness (QED) is 0.756. The molecule has 92 valence electrons. The minimum absolute atomic E-state index is 0.0905. The highest BCUT2D eigenvalue weighted by atomic mass is 35.5. The highest BCUT2D eigenvalue weighted by Crippen LogP contribution is 2.21. The molecule has 0 aromatic heterocycles. The van der Waals surface area contributed by atoms with Gasteiger partial charge in [-0.15, -0.1) is 0 Å². The number of hydrogen-bond donors (Lipinski definition) is 0. The van der Waals surface area contributed by atoms with Crippen molar-refractivity contribution in [1.29, 1.82) is 0 Å². The molecule has 0 radical (unpaired) electrons. The van der Waals surface area contributed by atoms with E-state index in [1.54, 1.807) is 19.2 Å². The normalized spacial score (nSPS) is 9.82. The summed E-state index contributed by atoms with van der Waals surface area (Å²) in [5, 5.41) is 0.455. The third kappa shape index (κ3) is 3.75. The van der Waals surface area contributed by atoms with Gasteiger partial charge in [-0.3, -0.25) is 9.59 Å². The van der Waals surface area contributed by atoms with Crippen LogP contribution in [0.2, 0.25) is 5.02 Å². The molecule has 4 nitrogen and oxygen atoms in total. The van der Waals surface area contributed by atoms with Crippen LogP contribution in [0.1, 0.15) is 17.3 Å². The minimum Gasteiger partial charge on any atom is -0.483 e. The number of benzene rings is 1.